The number of nitrogens with zero attached hydrogens (tertiary/aromatic N) is 1. The summed E-state index contributed by atoms with van der Waals surface area (Å²) in [7, 11) is 0. The molecule has 6 nitrogen and oxygen atoms in total. The summed E-state index contributed by atoms with van der Waals surface area (Å²) >= 11 is 0. The Bertz CT molecular complexity index is 562. The topological polar surface area (TPSA) is 84.3 Å². The van der Waals surface area contributed by atoms with Crippen LogP contribution in [-0.4, -0.2) is 30.0 Å². The van der Waals surface area contributed by atoms with Crippen molar-refractivity contribution in [2.75, 3.05) is 13.1 Å². The van der Waals surface area contributed by atoms with Crippen molar-refractivity contribution in [2.24, 2.45) is 0 Å². The first kappa shape index (κ1) is 15.3. The van der Waals surface area contributed by atoms with E-state index < -0.39 is 33.7 Å². The molecule has 1 aromatic carbocycles. The molecule has 1 aliphatic rings. The van der Waals surface area contributed by atoms with Crippen molar-refractivity contribution >= 4 is 11.6 Å². The molecule has 0 atom stereocenters. The third-order valence-electron chi connectivity index (χ3n) is 3.14. The normalized spacial score (nSPS) is 14.0. The van der Waals surface area contributed by atoms with Crippen molar-refractivity contribution in [3.63, 3.8) is 0 Å². The average molecular weight is 299 g/mol. The third kappa shape index (κ3) is 3.94. The van der Waals surface area contributed by atoms with E-state index in [9.17, 15) is 23.7 Å². The number of carbonyl (C=O) groups is 1. The molecule has 1 saturated carbocycles. The minimum Gasteiger partial charge on any atom is -0.352 e. The molecule has 1 aromatic rings. The minimum absolute atomic E-state index is 0.236. The molecule has 1 aliphatic carbocycles. The van der Waals surface area contributed by atoms with E-state index in [1.54, 1.807) is 0 Å². The third-order valence-corrected chi connectivity index (χ3v) is 3.14. The zero-order valence-electron chi connectivity index (χ0n) is 11.2. The Morgan fingerprint density at radius 2 is 2.05 bits per heavy atom. The largest absolute Gasteiger partial charge is 0.352 e. The minimum atomic E-state index is -1.45. The van der Waals surface area contributed by atoms with Crippen LogP contribution in [0.4, 0.5) is 14.5 Å². The molecule has 0 aliphatic heterocycles. The highest BCUT2D eigenvalue weighted by molar-refractivity contribution is 5.95. The summed E-state index contributed by atoms with van der Waals surface area (Å²) in [6.45, 7) is 0.935. The van der Waals surface area contributed by atoms with Crippen molar-refractivity contribution in [2.45, 2.75) is 25.3 Å². The van der Waals surface area contributed by atoms with Crippen LogP contribution >= 0.6 is 0 Å². The lowest BCUT2D eigenvalue weighted by molar-refractivity contribution is -0.387. The molecule has 0 heterocycles. The number of rotatable bonds is 7. The molecular formula is C13H15F2N3O3. The van der Waals surface area contributed by atoms with Gasteiger partial charge in [0.1, 0.15) is 11.4 Å². The molecule has 0 radical (unpaired) electrons. The fourth-order valence-electron chi connectivity index (χ4n) is 1.86. The van der Waals surface area contributed by atoms with Gasteiger partial charge in [0.2, 0.25) is 5.82 Å². The zero-order chi connectivity index (χ0) is 15.4. The van der Waals surface area contributed by atoms with Gasteiger partial charge in [-0.1, -0.05) is 0 Å². The molecule has 0 bridgehead atoms. The highest BCUT2D eigenvalue weighted by Gasteiger charge is 2.26. The van der Waals surface area contributed by atoms with Crippen LogP contribution in [0.3, 0.4) is 0 Å². The van der Waals surface area contributed by atoms with E-state index in [-0.39, 0.29) is 6.54 Å². The van der Waals surface area contributed by atoms with Gasteiger partial charge in [-0.25, -0.2) is 4.39 Å². The lowest BCUT2D eigenvalue weighted by atomic mass is 10.1. The summed E-state index contributed by atoms with van der Waals surface area (Å²) in [6.07, 6.45) is 2.91. The van der Waals surface area contributed by atoms with E-state index in [2.05, 4.69) is 10.6 Å². The van der Waals surface area contributed by atoms with E-state index in [0.29, 0.717) is 31.1 Å². The molecule has 0 saturated heterocycles. The molecule has 21 heavy (non-hydrogen) atoms. The second-order valence-electron chi connectivity index (χ2n) is 4.85. The SMILES string of the molecule is O=C(NCCCNC1CC1)c1c(F)ccc([N+](=O)[O-])c1F. The standard InChI is InChI=1S/C13H15F2N3O3/c14-9-4-5-10(18(20)21)12(15)11(9)13(19)17-7-1-6-16-8-2-3-8/h4-5,8,16H,1-3,6-7H2,(H,17,19). The lowest BCUT2D eigenvalue weighted by Gasteiger charge is -2.07. The molecule has 2 N–H and O–H groups in total. The smallest absolute Gasteiger partial charge is 0.305 e. The molecule has 1 fully saturated rings. The maximum Gasteiger partial charge on any atom is 0.305 e. The molecule has 0 spiro atoms. The number of nitro groups is 1. The number of nitro benzene ring substituents is 1. The molecule has 0 unspecified atom stereocenters. The number of hydrogen-bond donors (Lipinski definition) is 2. The van der Waals surface area contributed by atoms with Gasteiger partial charge in [-0.2, -0.15) is 4.39 Å². The van der Waals surface area contributed by atoms with Crippen LogP contribution in [0.2, 0.25) is 0 Å². The van der Waals surface area contributed by atoms with Crippen LogP contribution in [-0.2, 0) is 0 Å². The van der Waals surface area contributed by atoms with Crippen molar-refractivity contribution in [1.29, 1.82) is 0 Å². The van der Waals surface area contributed by atoms with Crippen molar-refractivity contribution in [3.8, 4) is 0 Å². The van der Waals surface area contributed by atoms with Crippen LogP contribution in [0.5, 0.6) is 0 Å². The van der Waals surface area contributed by atoms with Crippen LogP contribution < -0.4 is 10.6 Å². The van der Waals surface area contributed by atoms with Gasteiger partial charge in [-0.15, -0.1) is 0 Å². The van der Waals surface area contributed by atoms with E-state index in [1.165, 1.54) is 0 Å². The van der Waals surface area contributed by atoms with Gasteiger partial charge in [0.05, 0.1) is 4.92 Å². The van der Waals surface area contributed by atoms with E-state index >= 15 is 0 Å². The summed E-state index contributed by atoms with van der Waals surface area (Å²) < 4.78 is 27.3. The fraction of sp³-hybridized carbons (Fsp3) is 0.462. The first-order chi connectivity index (χ1) is 10.0. The van der Waals surface area contributed by atoms with Crippen molar-refractivity contribution < 1.29 is 18.5 Å². The number of nitrogens with one attached hydrogen (secondary N) is 2. The molecule has 114 valence electrons. The zero-order valence-corrected chi connectivity index (χ0v) is 11.2. The van der Waals surface area contributed by atoms with Gasteiger partial charge in [0, 0.05) is 18.7 Å². The van der Waals surface area contributed by atoms with E-state index in [0.717, 1.165) is 12.8 Å². The van der Waals surface area contributed by atoms with Crippen molar-refractivity contribution in [1.82, 2.24) is 10.6 Å². The van der Waals surface area contributed by atoms with Gasteiger partial charge in [0.15, 0.2) is 0 Å². The maximum atomic E-state index is 13.8. The number of carbonyl (C=O) groups excluding carboxylic acids is 1. The van der Waals surface area contributed by atoms with Crippen LogP contribution in [0.1, 0.15) is 29.6 Å². The van der Waals surface area contributed by atoms with E-state index in [1.807, 2.05) is 0 Å². The molecule has 2 rings (SSSR count). The summed E-state index contributed by atoms with van der Waals surface area (Å²) in [6, 6.07) is 1.96. The molecule has 0 aromatic heterocycles. The second kappa shape index (κ2) is 6.57. The number of amides is 1. The average Bonchev–Trinajstić information content (AvgIpc) is 3.22. The predicted molar refractivity (Wildman–Crippen MR) is 71.0 cm³/mol. The Morgan fingerprint density at radius 3 is 2.67 bits per heavy atom. The highest BCUT2D eigenvalue weighted by atomic mass is 19.1. The Hall–Kier alpha value is -2.09. The van der Waals surface area contributed by atoms with Gasteiger partial charge in [-0.3, -0.25) is 14.9 Å². The lowest BCUT2D eigenvalue weighted by Crippen LogP contribution is -2.29. The number of halogens is 2. The highest BCUT2D eigenvalue weighted by Crippen LogP contribution is 2.23. The van der Waals surface area contributed by atoms with Gasteiger partial charge < -0.3 is 10.6 Å². The Morgan fingerprint density at radius 1 is 1.33 bits per heavy atom. The summed E-state index contributed by atoms with van der Waals surface area (Å²) in [5, 5.41) is 16.2. The summed E-state index contributed by atoms with van der Waals surface area (Å²) in [5.41, 5.74) is -1.84. The Kier molecular flexibility index (Phi) is 4.79. The van der Waals surface area contributed by atoms with E-state index in [4.69, 9.17) is 0 Å². The molecular weight excluding hydrogens is 284 g/mol. The Labute approximate surface area is 119 Å². The summed E-state index contributed by atoms with van der Waals surface area (Å²) in [4.78, 5) is 21.3. The van der Waals surface area contributed by atoms with Crippen LogP contribution in [0.25, 0.3) is 0 Å². The van der Waals surface area contributed by atoms with Gasteiger partial charge in [0.25, 0.3) is 5.91 Å². The first-order valence-corrected chi connectivity index (χ1v) is 6.64. The quantitative estimate of drug-likeness (QED) is 0.456. The predicted octanol–water partition coefficient (Wildman–Crippen LogP) is 1.74. The van der Waals surface area contributed by atoms with Gasteiger partial charge >= 0.3 is 5.69 Å². The fourth-order valence-corrected chi connectivity index (χ4v) is 1.86. The number of benzene rings is 1. The van der Waals surface area contributed by atoms with Crippen LogP contribution in [0.15, 0.2) is 12.1 Å². The van der Waals surface area contributed by atoms with Crippen molar-refractivity contribution in [3.05, 3.63) is 39.4 Å². The second-order valence-corrected chi connectivity index (χ2v) is 4.85. The summed E-state index contributed by atoms with van der Waals surface area (Å²) in [5.74, 6) is -3.56. The van der Waals surface area contributed by atoms with Gasteiger partial charge in [-0.05, 0) is 31.9 Å². The van der Waals surface area contributed by atoms with Crippen LogP contribution in [0, 0.1) is 21.7 Å². The molecule has 8 heteroatoms. The monoisotopic (exact) mass is 299 g/mol. The molecule has 1 amide bonds. The Balaban J connectivity index is 1.94. The number of hydrogen-bond acceptors (Lipinski definition) is 4. The maximum absolute atomic E-state index is 13.8. The first-order valence-electron chi connectivity index (χ1n) is 6.64.